The topological polar surface area (TPSA) is 75.6 Å². The Bertz CT molecular complexity index is 1070. The second kappa shape index (κ2) is 7.92. The molecule has 1 atom stereocenters. The van der Waals surface area contributed by atoms with Gasteiger partial charge in [-0.15, -0.1) is 11.3 Å². The van der Waals surface area contributed by atoms with E-state index in [1.165, 1.54) is 0 Å². The number of methoxy groups -OCH3 is 1. The molecular weight excluding hydrogens is 372 g/mol. The molecule has 4 rings (SSSR count). The molecule has 0 saturated carbocycles. The Morgan fingerprint density at radius 3 is 2.82 bits per heavy atom. The van der Waals surface area contributed by atoms with Gasteiger partial charge in [-0.25, -0.2) is 9.98 Å². The van der Waals surface area contributed by atoms with Crippen molar-refractivity contribution in [3.8, 4) is 0 Å². The fourth-order valence-corrected chi connectivity index (χ4v) is 3.94. The van der Waals surface area contributed by atoms with Crippen LogP contribution in [0.2, 0.25) is 0 Å². The summed E-state index contributed by atoms with van der Waals surface area (Å²) in [5.41, 5.74) is 3.40. The van der Waals surface area contributed by atoms with Gasteiger partial charge in [-0.3, -0.25) is 10.1 Å². The van der Waals surface area contributed by atoms with E-state index in [1.54, 1.807) is 18.4 Å². The summed E-state index contributed by atoms with van der Waals surface area (Å²) in [6.45, 7) is 2.41. The lowest BCUT2D eigenvalue weighted by atomic mass is 10.1. The van der Waals surface area contributed by atoms with Gasteiger partial charge in [0.25, 0.3) is 5.91 Å². The van der Waals surface area contributed by atoms with E-state index in [-0.39, 0.29) is 11.9 Å². The number of fused-ring (bicyclic) bond motifs is 1. The van der Waals surface area contributed by atoms with E-state index < -0.39 is 0 Å². The van der Waals surface area contributed by atoms with Crippen LogP contribution < -0.4 is 10.6 Å². The Labute approximate surface area is 167 Å². The monoisotopic (exact) mass is 392 g/mol. The van der Waals surface area contributed by atoms with Gasteiger partial charge in [0.15, 0.2) is 0 Å². The van der Waals surface area contributed by atoms with Crippen LogP contribution in [0.4, 0.5) is 0 Å². The third-order valence-electron chi connectivity index (χ3n) is 4.35. The van der Waals surface area contributed by atoms with E-state index in [2.05, 4.69) is 20.6 Å². The highest BCUT2D eigenvalue weighted by molar-refractivity contribution is 7.18. The average Bonchev–Trinajstić information content (AvgIpc) is 3.23. The maximum atomic E-state index is 12.4. The number of rotatable bonds is 5. The number of benzene rings is 2. The first-order valence-electron chi connectivity index (χ1n) is 8.91. The molecule has 2 N–H and O–H groups in total. The normalized spacial score (nSPS) is 17.9. The number of amides is 1. The van der Waals surface area contributed by atoms with Gasteiger partial charge in [0.1, 0.15) is 11.7 Å². The number of nitrogens with one attached hydrogen (secondary N) is 2. The van der Waals surface area contributed by atoms with Crippen molar-refractivity contribution in [2.45, 2.75) is 13.0 Å². The number of aromatic nitrogens is 1. The Hall–Kier alpha value is -3.03. The second-order valence-corrected chi connectivity index (χ2v) is 7.69. The third kappa shape index (κ3) is 3.95. The number of aryl methyl sites for hydroxylation is 1. The van der Waals surface area contributed by atoms with E-state index in [1.807, 2.05) is 61.5 Å². The van der Waals surface area contributed by atoms with Gasteiger partial charge in [-0.2, -0.15) is 0 Å². The summed E-state index contributed by atoms with van der Waals surface area (Å²) in [5, 5.41) is 6.90. The van der Waals surface area contributed by atoms with Crippen molar-refractivity contribution in [1.82, 2.24) is 15.6 Å². The molecule has 3 aromatic rings. The Morgan fingerprint density at radius 2 is 2.04 bits per heavy atom. The number of carbonyl (C=O) groups is 1. The van der Waals surface area contributed by atoms with Crippen LogP contribution in [0.25, 0.3) is 16.3 Å². The lowest BCUT2D eigenvalue weighted by Gasteiger charge is -2.12. The third-order valence-corrected chi connectivity index (χ3v) is 5.29. The van der Waals surface area contributed by atoms with Gasteiger partial charge in [0, 0.05) is 7.11 Å². The van der Waals surface area contributed by atoms with Crippen LogP contribution in [0.1, 0.15) is 22.2 Å². The fourth-order valence-electron chi connectivity index (χ4n) is 3.07. The van der Waals surface area contributed by atoms with Crippen molar-refractivity contribution >= 4 is 39.5 Å². The summed E-state index contributed by atoms with van der Waals surface area (Å²) >= 11 is 1.64. The average molecular weight is 392 g/mol. The molecule has 1 saturated heterocycles. The highest BCUT2D eigenvalue weighted by Crippen LogP contribution is 2.24. The lowest BCUT2D eigenvalue weighted by Crippen LogP contribution is -2.26. The Balaban J connectivity index is 1.58. The maximum Gasteiger partial charge on any atom is 0.274 e. The van der Waals surface area contributed by atoms with Crippen molar-refractivity contribution in [3.05, 3.63) is 70.4 Å². The van der Waals surface area contributed by atoms with Gasteiger partial charge in [0.05, 0.1) is 21.8 Å². The minimum Gasteiger partial charge on any atom is -0.382 e. The zero-order valence-electron chi connectivity index (χ0n) is 15.6. The molecule has 0 unspecified atom stereocenters. The Kier molecular flexibility index (Phi) is 5.18. The van der Waals surface area contributed by atoms with Gasteiger partial charge in [0.2, 0.25) is 5.96 Å². The molecular formula is C21H20N4O2S. The molecule has 1 amide bonds. The summed E-state index contributed by atoms with van der Waals surface area (Å²) in [6.07, 6.45) is 1.82. The molecule has 1 fully saturated rings. The molecule has 7 heteroatoms. The number of carbonyl (C=O) groups excluding carboxylic acids is 1. The number of thiazole rings is 1. The van der Waals surface area contributed by atoms with E-state index >= 15 is 0 Å². The predicted molar refractivity (Wildman–Crippen MR) is 112 cm³/mol. The van der Waals surface area contributed by atoms with E-state index in [9.17, 15) is 4.79 Å². The summed E-state index contributed by atoms with van der Waals surface area (Å²) in [6, 6.07) is 15.6. The molecule has 142 valence electrons. The first kappa shape index (κ1) is 18.3. The van der Waals surface area contributed by atoms with Crippen LogP contribution in [-0.4, -0.2) is 30.6 Å². The van der Waals surface area contributed by atoms with Crippen LogP contribution in [0.5, 0.6) is 0 Å². The van der Waals surface area contributed by atoms with Crippen molar-refractivity contribution in [1.29, 1.82) is 0 Å². The highest BCUT2D eigenvalue weighted by atomic mass is 32.1. The van der Waals surface area contributed by atoms with Gasteiger partial charge < -0.3 is 10.1 Å². The minimum absolute atomic E-state index is 0.204. The van der Waals surface area contributed by atoms with Crippen molar-refractivity contribution in [2.75, 3.05) is 13.7 Å². The quantitative estimate of drug-likeness (QED) is 0.653. The molecule has 1 aliphatic rings. The zero-order valence-corrected chi connectivity index (χ0v) is 16.4. The Morgan fingerprint density at radius 1 is 1.21 bits per heavy atom. The lowest BCUT2D eigenvalue weighted by molar-refractivity contribution is -0.115. The van der Waals surface area contributed by atoms with Crippen LogP contribution in [0.15, 0.2) is 59.2 Å². The number of ether oxygens (including phenoxy) is 1. The van der Waals surface area contributed by atoms with Gasteiger partial charge in [-0.05, 0) is 36.3 Å². The second-order valence-electron chi connectivity index (χ2n) is 6.46. The van der Waals surface area contributed by atoms with Gasteiger partial charge in [-0.1, -0.05) is 36.4 Å². The molecule has 1 aromatic heterocycles. The SMILES string of the molecule is COC[C@H](N=C1NC(=O)/C(=C/c2ccc3nc(C)sc3c2)N1)c1ccccc1. The molecule has 1 aliphatic heterocycles. The first-order chi connectivity index (χ1) is 13.6. The summed E-state index contributed by atoms with van der Waals surface area (Å²) in [4.78, 5) is 21.5. The van der Waals surface area contributed by atoms with Crippen LogP contribution in [0, 0.1) is 6.92 Å². The number of hydrogen-bond donors (Lipinski definition) is 2. The number of guanidine groups is 1. The molecule has 2 heterocycles. The molecule has 0 aliphatic carbocycles. The molecule has 2 aromatic carbocycles. The van der Waals surface area contributed by atoms with Crippen molar-refractivity contribution in [3.63, 3.8) is 0 Å². The van der Waals surface area contributed by atoms with Gasteiger partial charge >= 0.3 is 0 Å². The van der Waals surface area contributed by atoms with E-state index in [0.29, 0.717) is 18.3 Å². The highest BCUT2D eigenvalue weighted by Gasteiger charge is 2.23. The fraction of sp³-hybridized carbons (Fsp3) is 0.190. The summed E-state index contributed by atoms with van der Waals surface area (Å²) in [5.74, 6) is 0.223. The predicted octanol–water partition coefficient (Wildman–Crippen LogP) is 3.41. The largest absolute Gasteiger partial charge is 0.382 e. The molecule has 0 spiro atoms. The van der Waals surface area contributed by atoms with E-state index in [0.717, 1.165) is 26.4 Å². The zero-order chi connectivity index (χ0) is 19.5. The first-order valence-corrected chi connectivity index (χ1v) is 9.73. The van der Waals surface area contributed by atoms with E-state index in [4.69, 9.17) is 4.74 Å². The maximum absolute atomic E-state index is 12.4. The van der Waals surface area contributed by atoms with Crippen LogP contribution in [0.3, 0.4) is 0 Å². The summed E-state index contributed by atoms with van der Waals surface area (Å²) in [7, 11) is 1.64. The number of hydrogen-bond acceptors (Lipinski definition) is 5. The van der Waals surface area contributed by atoms with Crippen LogP contribution in [-0.2, 0) is 9.53 Å². The van der Waals surface area contributed by atoms with Crippen molar-refractivity contribution in [2.24, 2.45) is 4.99 Å². The summed E-state index contributed by atoms with van der Waals surface area (Å²) < 4.78 is 6.39. The molecule has 0 bridgehead atoms. The van der Waals surface area contributed by atoms with Crippen molar-refractivity contribution < 1.29 is 9.53 Å². The van der Waals surface area contributed by atoms with Crippen LogP contribution >= 0.6 is 11.3 Å². The smallest absolute Gasteiger partial charge is 0.274 e. The standard InChI is InChI=1S/C21H20N4O2S/c1-13-22-16-9-8-14(11-19(16)28-13)10-17-20(26)25-21(23-17)24-18(12-27-2)15-6-4-3-5-7-15/h3-11,18H,12H2,1-2H3,(H2,23,24,25,26)/b17-10-/t18-/m0/s1. The minimum atomic E-state index is -0.205. The molecule has 28 heavy (non-hydrogen) atoms. The number of nitrogens with zero attached hydrogens (tertiary/aromatic N) is 2. The molecule has 6 nitrogen and oxygen atoms in total. The number of aliphatic imine (C=N–C) groups is 1. The molecule has 0 radical (unpaired) electrons.